The van der Waals surface area contributed by atoms with Gasteiger partial charge >= 0.3 is 0 Å². The molecule has 0 N–H and O–H groups in total. The predicted molar refractivity (Wildman–Crippen MR) is 64.3 cm³/mol. The lowest BCUT2D eigenvalue weighted by Crippen LogP contribution is -1.87. The molecule has 0 radical (unpaired) electrons. The molecule has 0 heterocycles. The van der Waals surface area contributed by atoms with Crippen molar-refractivity contribution in [3.8, 4) is 0 Å². The Morgan fingerprint density at radius 1 is 1.13 bits per heavy atom. The number of rotatable bonds is 5. The number of hydrogen-bond acceptors (Lipinski definition) is 0. The van der Waals surface area contributed by atoms with E-state index >= 15 is 0 Å². The van der Waals surface area contributed by atoms with E-state index in [9.17, 15) is 4.39 Å². The van der Waals surface area contributed by atoms with Crippen LogP contribution >= 0.6 is 0 Å². The van der Waals surface area contributed by atoms with Crippen LogP contribution in [-0.4, -0.2) is 0 Å². The van der Waals surface area contributed by atoms with Gasteiger partial charge in [0.05, 0.1) is 0 Å². The zero-order valence-corrected chi connectivity index (χ0v) is 9.59. The number of halogens is 1. The summed E-state index contributed by atoms with van der Waals surface area (Å²) in [4.78, 5) is 0. The molecule has 0 bridgehead atoms. The Kier molecular flexibility index (Phi) is 5.09. The topological polar surface area (TPSA) is 0 Å². The fourth-order valence-corrected chi connectivity index (χ4v) is 1.71. The number of hydrogen-bond donors (Lipinski definition) is 0. The van der Waals surface area contributed by atoms with Gasteiger partial charge in [0.1, 0.15) is 5.83 Å². The molecule has 1 aromatic rings. The quantitative estimate of drug-likeness (QED) is 0.597. The molecular formula is C14H19F. The van der Waals surface area contributed by atoms with Crippen LogP contribution in [0.1, 0.15) is 45.1 Å². The number of allylic oxidation sites excluding steroid dienone is 2. The second-order valence-electron chi connectivity index (χ2n) is 3.84. The van der Waals surface area contributed by atoms with Crippen molar-refractivity contribution in [3.05, 3.63) is 41.7 Å². The van der Waals surface area contributed by atoms with Crippen molar-refractivity contribution in [2.24, 2.45) is 0 Å². The highest BCUT2D eigenvalue weighted by atomic mass is 19.1. The van der Waals surface area contributed by atoms with Crippen LogP contribution in [0.4, 0.5) is 4.39 Å². The Labute approximate surface area is 91.8 Å². The summed E-state index contributed by atoms with van der Waals surface area (Å²) in [6.45, 7) is 3.71. The summed E-state index contributed by atoms with van der Waals surface area (Å²) in [6, 6.07) is 9.83. The lowest BCUT2D eigenvalue weighted by molar-refractivity contribution is 0.633. The normalized spacial score (nSPS) is 12.5. The van der Waals surface area contributed by atoms with Crippen LogP contribution in [0.3, 0.4) is 0 Å². The molecule has 1 aromatic carbocycles. The van der Waals surface area contributed by atoms with Gasteiger partial charge in [0, 0.05) is 0 Å². The average Bonchev–Trinajstić information content (AvgIpc) is 2.25. The van der Waals surface area contributed by atoms with Gasteiger partial charge in [0.15, 0.2) is 0 Å². The summed E-state index contributed by atoms with van der Waals surface area (Å²) in [5, 5.41) is 0. The fourth-order valence-electron chi connectivity index (χ4n) is 1.71. The molecule has 0 spiro atoms. The average molecular weight is 206 g/mol. The molecule has 82 valence electrons. The van der Waals surface area contributed by atoms with Crippen LogP contribution in [0.15, 0.2) is 36.2 Å². The second kappa shape index (κ2) is 6.39. The SMILES string of the molecule is CCCCC/C(=C(/C)F)c1ccccc1. The molecule has 1 rings (SSSR count). The standard InChI is InChI=1S/C14H19F/c1-3-4-6-11-14(12(2)15)13-9-7-5-8-10-13/h5,7-10H,3-4,6,11H2,1-2H3/b14-12+. The van der Waals surface area contributed by atoms with Gasteiger partial charge in [0.25, 0.3) is 0 Å². The zero-order chi connectivity index (χ0) is 11.1. The smallest absolute Gasteiger partial charge is 0.101 e. The minimum absolute atomic E-state index is 0.0442. The third-order valence-electron chi connectivity index (χ3n) is 2.57. The number of benzene rings is 1. The molecule has 0 saturated heterocycles. The summed E-state index contributed by atoms with van der Waals surface area (Å²) in [6.07, 6.45) is 4.26. The van der Waals surface area contributed by atoms with Crippen LogP contribution in [0.25, 0.3) is 5.57 Å². The summed E-state index contributed by atoms with van der Waals surface area (Å²) >= 11 is 0. The summed E-state index contributed by atoms with van der Waals surface area (Å²) in [7, 11) is 0. The first-order valence-electron chi connectivity index (χ1n) is 5.66. The van der Waals surface area contributed by atoms with Crippen LogP contribution in [-0.2, 0) is 0 Å². The van der Waals surface area contributed by atoms with E-state index in [1.54, 1.807) is 6.92 Å². The van der Waals surface area contributed by atoms with Gasteiger partial charge in [-0.3, -0.25) is 0 Å². The molecule has 0 aliphatic rings. The Morgan fingerprint density at radius 3 is 2.33 bits per heavy atom. The maximum absolute atomic E-state index is 13.4. The third kappa shape index (κ3) is 3.86. The lowest BCUT2D eigenvalue weighted by atomic mass is 9.99. The molecule has 0 unspecified atom stereocenters. The van der Waals surface area contributed by atoms with Crippen molar-refractivity contribution in [3.63, 3.8) is 0 Å². The largest absolute Gasteiger partial charge is 0.212 e. The van der Waals surface area contributed by atoms with Crippen LogP contribution in [0.5, 0.6) is 0 Å². The Morgan fingerprint density at radius 2 is 1.80 bits per heavy atom. The van der Waals surface area contributed by atoms with E-state index in [1.165, 1.54) is 12.8 Å². The van der Waals surface area contributed by atoms with E-state index in [0.29, 0.717) is 0 Å². The summed E-state index contributed by atoms with van der Waals surface area (Å²) in [5.41, 5.74) is 1.89. The maximum atomic E-state index is 13.4. The fraction of sp³-hybridized carbons (Fsp3) is 0.429. The van der Waals surface area contributed by atoms with Crippen molar-refractivity contribution in [1.82, 2.24) is 0 Å². The molecule has 0 nitrogen and oxygen atoms in total. The van der Waals surface area contributed by atoms with E-state index in [1.807, 2.05) is 30.3 Å². The van der Waals surface area contributed by atoms with Gasteiger partial charge in [-0.1, -0.05) is 50.1 Å². The molecule has 1 heteroatoms. The van der Waals surface area contributed by atoms with Crippen molar-refractivity contribution in [2.45, 2.75) is 39.5 Å². The van der Waals surface area contributed by atoms with Gasteiger partial charge in [0.2, 0.25) is 0 Å². The van der Waals surface area contributed by atoms with Crippen molar-refractivity contribution >= 4 is 5.57 Å². The molecule has 0 aliphatic carbocycles. The minimum Gasteiger partial charge on any atom is -0.212 e. The highest BCUT2D eigenvalue weighted by Gasteiger charge is 2.04. The first-order valence-corrected chi connectivity index (χ1v) is 5.66. The summed E-state index contributed by atoms with van der Waals surface area (Å²) < 4.78 is 13.4. The van der Waals surface area contributed by atoms with E-state index in [2.05, 4.69) is 6.92 Å². The molecule has 0 fully saturated rings. The highest BCUT2D eigenvalue weighted by molar-refractivity contribution is 5.66. The van der Waals surface area contributed by atoms with Gasteiger partial charge in [-0.2, -0.15) is 0 Å². The molecular weight excluding hydrogens is 187 g/mol. The Bertz CT molecular complexity index is 307. The molecule has 15 heavy (non-hydrogen) atoms. The first-order chi connectivity index (χ1) is 7.25. The lowest BCUT2D eigenvalue weighted by Gasteiger charge is -2.07. The predicted octanol–water partition coefficient (Wildman–Crippen LogP) is 4.97. The monoisotopic (exact) mass is 206 g/mol. The Balaban J connectivity index is 2.73. The van der Waals surface area contributed by atoms with Crippen molar-refractivity contribution in [1.29, 1.82) is 0 Å². The maximum Gasteiger partial charge on any atom is 0.101 e. The second-order valence-corrected chi connectivity index (χ2v) is 3.84. The molecule has 0 amide bonds. The van der Waals surface area contributed by atoms with Crippen LogP contribution < -0.4 is 0 Å². The zero-order valence-electron chi connectivity index (χ0n) is 9.59. The van der Waals surface area contributed by atoms with E-state index in [4.69, 9.17) is 0 Å². The van der Waals surface area contributed by atoms with Gasteiger partial charge in [-0.05, 0) is 30.9 Å². The highest BCUT2D eigenvalue weighted by Crippen LogP contribution is 2.25. The van der Waals surface area contributed by atoms with Gasteiger partial charge < -0.3 is 0 Å². The van der Waals surface area contributed by atoms with E-state index < -0.39 is 0 Å². The van der Waals surface area contributed by atoms with E-state index in [-0.39, 0.29) is 5.83 Å². The van der Waals surface area contributed by atoms with Crippen molar-refractivity contribution < 1.29 is 4.39 Å². The molecule has 0 atom stereocenters. The van der Waals surface area contributed by atoms with Crippen LogP contribution in [0, 0.1) is 0 Å². The Hall–Kier alpha value is -1.11. The van der Waals surface area contributed by atoms with Crippen LogP contribution in [0.2, 0.25) is 0 Å². The molecule has 0 aliphatic heterocycles. The molecule has 0 saturated carbocycles. The van der Waals surface area contributed by atoms with Gasteiger partial charge in [-0.25, -0.2) is 4.39 Å². The minimum atomic E-state index is -0.0442. The van der Waals surface area contributed by atoms with Crippen molar-refractivity contribution in [2.75, 3.05) is 0 Å². The third-order valence-corrected chi connectivity index (χ3v) is 2.57. The first kappa shape index (κ1) is 12.0. The number of unbranched alkanes of at least 4 members (excludes halogenated alkanes) is 2. The van der Waals surface area contributed by atoms with E-state index in [0.717, 1.165) is 24.0 Å². The molecule has 0 aromatic heterocycles. The summed E-state index contributed by atoms with van der Waals surface area (Å²) in [5.74, 6) is -0.0442. The van der Waals surface area contributed by atoms with Gasteiger partial charge in [-0.15, -0.1) is 0 Å².